The van der Waals surface area contributed by atoms with Crippen molar-refractivity contribution in [3.8, 4) is 0 Å². The molecule has 1 amide bonds. The third-order valence-corrected chi connectivity index (χ3v) is 6.38. The Morgan fingerprint density at radius 1 is 1.04 bits per heavy atom. The van der Waals surface area contributed by atoms with Gasteiger partial charge in [0.15, 0.2) is 0 Å². The lowest BCUT2D eigenvalue weighted by Gasteiger charge is -2.23. The zero-order valence-electron chi connectivity index (χ0n) is 14.5. The van der Waals surface area contributed by atoms with Crippen LogP contribution in [0.15, 0.2) is 53.4 Å². The molecule has 0 bridgehead atoms. The number of carbonyl (C=O) groups is 1. The molecule has 1 aliphatic rings. The van der Waals surface area contributed by atoms with Crippen LogP contribution in [0.4, 0.5) is 5.69 Å². The molecule has 1 heterocycles. The van der Waals surface area contributed by atoms with Crippen LogP contribution >= 0.6 is 0 Å². The molecule has 2 aromatic rings. The van der Waals surface area contributed by atoms with Crippen molar-refractivity contribution in [1.29, 1.82) is 0 Å². The second-order valence-electron chi connectivity index (χ2n) is 6.29. The molecule has 6 heteroatoms. The molecule has 1 fully saturated rings. The van der Waals surface area contributed by atoms with Crippen LogP contribution in [0.25, 0.3) is 0 Å². The highest BCUT2D eigenvalue weighted by Gasteiger charge is 2.25. The van der Waals surface area contributed by atoms with Crippen molar-refractivity contribution >= 4 is 21.6 Å². The van der Waals surface area contributed by atoms with Crippen molar-refractivity contribution < 1.29 is 13.2 Å². The summed E-state index contributed by atoms with van der Waals surface area (Å²) in [5, 5.41) is 0. The summed E-state index contributed by atoms with van der Waals surface area (Å²) in [6.07, 6.45) is 2.04. The maximum absolute atomic E-state index is 12.9. The van der Waals surface area contributed by atoms with Gasteiger partial charge in [-0.1, -0.05) is 24.3 Å². The van der Waals surface area contributed by atoms with Gasteiger partial charge >= 0.3 is 0 Å². The molecular formula is C19H22N2O3S. The first-order valence-corrected chi connectivity index (χ1v) is 9.79. The Bertz CT molecular complexity index is 873. The highest BCUT2D eigenvalue weighted by molar-refractivity contribution is 7.92. The van der Waals surface area contributed by atoms with Gasteiger partial charge in [-0.2, -0.15) is 0 Å². The molecular weight excluding hydrogens is 336 g/mol. The fourth-order valence-corrected chi connectivity index (χ4v) is 4.34. The first-order valence-electron chi connectivity index (χ1n) is 8.35. The summed E-state index contributed by atoms with van der Waals surface area (Å²) >= 11 is 0. The van der Waals surface area contributed by atoms with E-state index in [9.17, 15) is 13.2 Å². The van der Waals surface area contributed by atoms with Gasteiger partial charge in [-0.3, -0.25) is 9.10 Å². The number of aryl methyl sites for hydroxylation is 1. The van der Waals surface area contributed by atoms with E-state index in [2.05, 4.69) is 0 Å². The summed E-state index contributed by atoms with van der Waals surface area (Å²) in [6.45, 7) is 3.37. The van der Waals surface area contributed by atoms with Gasteiger partial charge in [0.1, 0.15) is 0 Å². The molecule has 132 valence electrons. The molecule has 0 aromatic heterocycles. The number of anilines is 1. The summed E-state index contributed by atoms with van der Waals surface area (Å²) in [4.78, 5) is 14.7. The zero-order chi connectivity index (χ0) is 18.0. The van der Waals surface area contributed by atoms with E-state index < -0.39 is 10.0 Å². The first kappa shape index (κ1) is 17.5. The number of rotatable bonds is 4. The number of hydrogen-bond donors (Lipinski definition) is 0. The Morgan fingerprint density at radius 3 is 2.32 bits per heavy atom. The molecule has 0 unspecified atom stereocenters. The number of benzene rings is 2. The van der Waals surface area contributed by atoms with Crippen LogP contribution in [-0.4, -0.2) is 39.4 Å². The topological polar surface area (TPSA) is 57.7 Å². The average molecular weight is 358 g/mol. The van der Waals surface area contributed by atoms with E-state index >= 15 is 0 Å². The molecule has 2 aromatic carbocycles. The number of nitrogens with zero attached hydrogens (tertiary/aromatic N) is 2. The average Bonchev–Trinajstić information content (AvgIpc) is 3.16. The Hall–Kier alpha value is -2.34. The molecule has 0 saturated carbocycles. The third-order valence-electron chi connectivity index (χ3n) is 4.59. The van der Waals surface area contributed by atoms with E-state index in [0.717, 1.165) is 31.5 Å². The lowest BCUT2D eigenvalue weighted by Crippen LogP contribution is -2.29. The van der Waals surface area contributed by atoms with Crippen LogP contribution < -0.4 is 4.31 Å². The van der Waals surface area contributed by atoms with Crippen LogP contribution in [0, 0.1) is 6.92 Å². The summed E-state index contributed by atoms with van der Waals surface area (Å²) in [5.74, 6) is -0.0377. The Morgan fingerprint density at radius 2 is 1.68 bits per heavy atom. The molecule has 0 radical (unpaired) electrons. The van der Waals surface area contributed by atoms with Crippen LogP contribution in [0.5, 0.6) is 0 Å². The van der Waals surface area contributed by atoms with Gasteiger partial charge in [0, 0.05) is 25.7 Å². The molecule has 25 heavy (non-hydrogen) atoms. The maximum atomic E-state index is 12.9. The second kappa shape index (κ2) is 6.88. The van der Waals surface area contributed by atoms with E-state index in [-0.39, 0.29) is 10.8 Å². The summed E-state index contributed by atoms with van der Waals surface area (Å²) in [5.41, 5.74) is 1.85. The number of carbonyl (C=O) groups excluding carboxylic acids is 1. The van der Waals surface area contributed by atoms with Gasteiger partial charge in [-0.05, 0) is 49.6 Å². The SMILES string of the molecule is Cc1ccc(C(=O)N2CCCC2)cc1N(C)S(=O)(=O)c1ccccc1. The van der Waals surface area contributed by atoms with E-state index in [0.29, 0.717) is 11.3 Å². The summed E-state index contributed by atoms with van der Waals surface area (Å²) < 4.78 is 27.0. The summed E-state index contributed by atoms with van der Waals surface area (Å²) in [7, 11) is -2.14. The number of likely N-dealkylation sites (tertiary alicyclic amines) is 1. The van der Waals surface area contributed by atoms with Crippen molar-refractivity contribution in [2.24, 2.45) is 0 Å². The zero-order valence-corrected chi connectivity index (χ0v) is 15.3. The van der Waals surface area contributed by atoms with Crippen molar-refractivity contribution in [3.05, 3.63) is 59.7 Å². The lowest BCUT2D eigenvalue weighted by atomic mass is 10.1. The molecule has 0 N–H and O–H groups in total. The fourth-order valence-electron chi connectivity index (χ4n) is 3.06. The van der Waals surface area contributed by atoms with Crippen molar-refractivity contribution in [1.82, 2.24) is 4.90 Å². The molecule has 0 aliphatic carbocycles. The van der Waals surface area contributed by atoms with Gasteiger partial charge < -0.3 is 4.90 Å². The molecule has 1 saturated heterocycles. The Balaban J connectivity index is 1.96. The molecule has 0 spiro atoms. The number of sulfonamides is 1. The fraction of sp³-hybridized carbons (Fsp3) is 0.316. The van der Waals surface area contributed by atoms with Crippen molar-refractivity contribution in [3.63, 3.8) is 0 Å². The highest BCUT2D eigenvalue weighted by atomic mass is 32.2. The second-order valence-corrected chi connectivity index (χ2v) is 8.26. The van der Waals surface area contributed by atoms with Crippen LogP contribution in [-0.2, 0) is 10.0 Å². The molecule has 5 nitrogen and oxygen atoms in total. The van der Waals surface area contributed by atoms with E-state index in [1.165, 1.54) is 11.4 Å². The quantitative estimate of drug-likeness (QED) is 0.844. The standard InChI is InChI=1S/C19H22N2O3S/c1-15-10-11-16(19(22)21-12-6-7-13-21)14-18(15)20(2)25(23,24)17-8-4-3-5-9-17/h3-5,8-11,14H,6-7,12-13H2,1-2H3. The molecule has 0 atom stereocenters. The monoisotopic (exact) mass is 358 g/mol. The van der Waals surface area contributed by atoms with E-state index in [1.54, 1.807) is 48.5 Å². The van der Waals surface area contributed by atoms with E-state index in [1.807, 2.05) is 11.8 Å². The van der Waals surface area contributed by atoms with Gasteiger partial charge in [-0.15, -0.1) is 0 Å². The number of hydrogen-bond acceptors (Lipinski definition) is 3. The number of amides is 1. The Kier molecular flexibility index (Phi) is 4.81. The minimum Gasteiger partial charge on any atom is -0.339 e. The van der Waals surface area contributed by atoms with Crippen molar-refractivity contribution in [2.45, 2.75) is 24.7 Å². The highest BCUT2D eigenvalue weighted by Crippen LogP contribution is 2.27. The third kappa shape index (κ3) is 3.39. The summed E-state index contributed by atoms with van der Waals surface area (Å²) in [6, 6.07) is 13.6. The Labute approximate surface area is 148 Å². The van der Waals surface area contributed by atoms with Gasteiger partial charge in [0.05, 0.1) is 10.6 Å². The lowest BCUT2D eigenvalue weighted by molar-refractivity contribution is 0.0793. The first-order chi connectivity index (χ1) is 11.9. The van der Waals surface area contributed by atoms with Gasteiger partial charge in [-0.25, -0.2) is 8.42 Å². The normalized spacial score (nSPS) is 14.6. The van der Waals surface area contributed by atoms with E-state index in [4.69, 9.17) is 0 Å². The maximum Gasteiger partial charge on any atom is 0.264 e. The van der Waals surface area contributed by atoms with Crippen LogP contribution in [0.3, 0.4) is 0 Å². The van der Waals surface area contributed by atoms with Crippen LogP contribution in [0.2, 0.25) is 0 Å². The van der Waals surface area contributed by atoms with Gasteiger partial charge in [0.25, 0.3) is 15.9 Å². The predicted molar refractivity (Wildman–Crippen MR) is 98.3 cm³/mol. The smallest absolute Gasteiger partial charge is 0.264 e. The molecule has 1 aliphatic heterocycles. The van der Waals surface area contributed by atoms with Crippen molar-refractivity contribution in [2.75, 3.05) is 24.4 Å². The largest absolute Gasteiger partial charge is 0.339 e. The minimum atomic E-state index is -3.67. The minimum absolute atomic E-state index is 0.0377. The van der Waals surface area contributed by atoms with Gasteiger partial charge in [0.2, 0.25) is 0 Å². The molecule has 3 rings (SSSR count). The van der Waals surface area contributed by atoms with Crippen LogP contribution in [0.1, 0.15) is 28.8 Å². The predicted octanol–water partition coefficient (Wildman–Crippen LogP) is 3.06.